The second kappa shape index (κ2) is 6.47. The van der Waals surface area contributed by atoms with Crippen LogP contribution in [0.5, 0.6) is 0 Å². The van der Waals surface area contributed by atoms with Crippen LogP contribution in [0.2, 0.25) is 0 Å². The van der Waals surface area contributed by atoms with Crippen molar-refractivity contribution >= 4 is 11.5 Å². The lowest BCUT2D eigenvalue weighted by atomic mass is 10.1. The van der Waals surface area contributed by atoms with Gasteiger partial charge in [-0.3, -0.25) is 10.1 Å². The summed E-state index contributed by atoms with van der Waals surface area (Å²) in [6.45, 7) is 3.25. The Morgan fingerprint density at radius 2 is 2.42 bits per heavy atom. The Morgan fingerprint density at radius 1 is 1.58 bits per heavy atom. The van der Waals surface area contributed by atoms with Crippen LogP contribution in [-0.2, 0) is 4.74 Å². The molecule has 104 valence electrons. The Bertz CT molecular complexity index is 445. The number of ether oxygens (including phenoxy) is 1. The normalized spacial score (nSPS) is 19.1. The van der Waals surface area contributed by atoms with Gasteiger partial charge in [0.2, 0.25) is 0 Å². The van der Waals surface area contributed by atoms with Crippen LogP contribution in [0.25, 0.3) is 0 Å². The fraction of sp³-hybridized carbons (Fsp3) is 0.615. The van der Waals surface area contributed by atoms with Crippen LogP contribution in [0.4, 0.5) is 11.5 Å². The highest BCUT2D eigenvalue weighted by Gasteiger charge is 2.14. The van der Waals surface area contributed by atoms with Crippen LogP contribution in [0.1, 0.15) is 31.2 Å². The SMILES string of the molecule is Cc1cnc(NCCC2CCCCO2)cc1[N+](=O)[O-]. The number of hydrogen-bond donors (Lipinski definition) is 1. The number of nitrogens with one attached hydrogen (secondary N) is 1. The van der Waals surface area contributed by atoms with E-state index in [1.165, 1.54) is 18.7 Å². The topological polar surface area (TPSA) is 77.3 Å². The Hall–Kier alpha value is -1.69. The first-order valence-electron chi connectivity index (χ1n) is 6.63. The maximum Gasteiger partial charge on any atom is 0.277 e. The summed E-state index contributed by atoms with van der Waals surface area (Å²) >= 11 is 0. The average molecular weight is 265 g/mol. The van der Waals surface area contributed by atoms with E-state index in [0.717, 1.165) is 32.4 Å². The number of anilines is 1. The van der Waals surface area contributed by atoms with Crippen molar-refractivity contribution in [1.29, 1.82) is 0 Å². The minimum Gasteiger partial charge on any atom is -0.378 e. The molecule has 0 saturated carbocycles. The van der Waals surface area contributed by atoms with Gasteiger partial charge in [-0.25, -0.2) is 4.98 Å². The van der Waals surface area contributed by atoms with Crippen molar-refractivity contribution in [2.24, 2.45) is 0 Å². The van der Waals surface area contributed by atoms with Gasteiger partial charge in [0.05, 0.1) is 17.1 Å². The smallest absolute Gasteiger partial charge is 0.277 e. The minimum absolute atomic E-state index is 0.103. The second-order valence-corrected chi connectivity index (χ2v) is 4.82. The zero-order valence-corrected chi connectivity index (χ0v) is 11.1. The monoisotopic (exact) mass is 265 g/mol. The van der Waals surface area contributed by atoms with Gasteiger partial charge in [0.25, 0.3) is 5.69 Å². The molecule has 1 aromatic rings. The zero-order chi connectivity index (χ0) is 13.7. The van der Waals surface area contributed by atoms with Gasteiger partial charge in [-0.1, -0.05) is 0 Å². The first-order chi connectivity index (χ1) is 9.16. The molecule has 1 aliphatic heterocycles. The van der Waals surface area contributed by atoms with Gasteiger partial charge in [0, 0.05) is 24.9 Å². The maximum absolute atomic E-state index is 10.8. The van der Waals surface area contributed by atoms with Crippen molar-refractivity contribution in [3.8, 4) is 0 Å². The van der Waals surface area contributed by atoms with E-state index in [4.69, 9.17) is 4.74 Å². The summed E-state index contributed by atoms with van der Waals surface area (Å²) in [6.07, 6.45) is 6.21. The maximum atomic E-state index is 10.8. The summed E-state index contributed by atoms with van der Waals surface area (Å²) in [5.41, 5.74) is 0.678. The molecule has 6 heteroatoms. The minimum atomic E-state index is -0.383. The number of aromatic nitrogens is 1. The summed E-state index contributed by atoms with van der Waals surface area (Å²) in [7, 11) is 0. The van der Waals surface area contributed by atoms with Crippen molar-refractivity contribution < 1.29 is 9.66 Å². The molecule has 0 radical (unpaired) electrons. The fourth-order valence-electron chi connectivity index (χ4n) is 2.20. The summed E-state index contributed by atoms with van der Waals surface area (Å²) in [5, 5.41) is 13.9. The number of nitrogens with zero attached hydrogens (tertiary/aromatic N) is 2. The van der Waals surface area contributed by atoms with Gasteiger partial charge in [-0.05, 0) is 32.6 Å². The number of nitro groups is 1. The third-order valence-corrected chi connectivity index (χ3v) is 3.32. The van der Waals surface area contributed by atoms with Crippen molar-refractivity contribution in [3.63, 3.8) is 0 Å². The third-order valence-electron chi connectivity index (χ3n) is 3.32. The highest BCUT2D eigenvalue weighted by atomic mass is 16.6. The molecule has 1 atom stereocenters. The molecule has 1 unspecified atom stereocenters. The van der Waals surface area contributed by atoms with Crippen molar-refractivity contribution in [1.82, 2.24) is 4.98 Å². The van der Waals surface area contributed by atoms with E-state index in [1.54, 1.807) is 6.92 Å². The fourth-order valence-corrected chi connectivity index (χ4v) is 2.20. The largest absolute Gasteiger partial charge is 0.378 e. The van der Waals surface area contributed by atoms with Crippen LogP contribution in [0.15, 0.2) is 12.3 Å². The summed E-state index contributed by atoms with van der Waals surface area (Å²) in [6, 6.07) is 1.48. The van der Waals surface area contributed by atoms with E-state index in [-0.39, 0.29) is 10.6 Å². The third kappa shape index (κ3) is 3.89. The molecular weight excluding hydrogens is 246 g/mol. The van der Waals surface area contributed by atoms with Crippen LogP contribution >= 0.6 is 0 Å². The Kier molecular flexibility index (Phi) is 4.68. The lowest BCUT2D eigenvalue weighted by molar-refractivity contribution is -0.385. The summed E-state index contributed by atoms with van der Waals surface area (Å²) in [4.78, 5) is 14.6. The molecule has 0 aliphatic carbocycles. The van der Waals surface area contributed by atoms with Crippen LogP contribution in [0, 0.1) is 17.0 Å². The predicted molar refractivity (Wildman–Crippen MR) is 72.3 cm³/mol. The lowest BCUT2D eigenvalue weighted by Crippen LogP contribution is -2.22. The van der Waals surface area contributed by atoms with Crippen molar-refractivity contribution in [2.45, 2.75) is 38.7 Å². The molecule has 0 bridgehead atoms. The molecule has 1 fully saturated rings. The first kappa shape index (κ1) is 13.7. The molecule has 2 rings (SSSR count). The van der Waals surface area contributed by atoms with Gasteiger partial charge in [0.1, 0.15) is 5.82 Å². The Balaban J connectivity index is 1.85. The van der Waals surface area contributed by atoms with Gasteiger partial charge >= 0.3 is 0 Å². The second-order valence-electron chi connectivity index (χ2n) is 4.82. The highest BCUT2D eigenvalue weighted by molar-refractivity contribution is 5.48. The molecule has 1 saturated heterocycles. The van der Waals surface area contributed by atoms with E-state index in [2.05, 4.69) is 10.3 Å². The molecule has 1 N–H and O–H groups in total. The number of pyridine rings is 1. The molecule has 1 aliphatic rings. The average Bonchev–Trinajstić information content (AvgIpc) is 2.41. The lowest BCUT2D eigenvalue weighted by Gasteiger charge is -2.22. The van der Waals surface area contributed by atoms with E-state index in [1.807, 2.05) is 0 Å². The highest BCUT2D eigenvalue weighted by Crippen LogP contribution is 2.20. The predicted octanol–water partition coefficient (Wildman–Crippen LogP) is 2.67. The standard InChI is InChI=1S/C13H19N3O3/c1-10-9-15-13(8-12(10)16(17)18)14-6-5-11-4-2-3-7-19-11/h8-9,11H,2-7H2,1H3,(H,14,15). The van der Waals surface area contributed by atoms with E-state index < -0.39 is 0 Å². The van der Waals surface area contributed by atoms with Crippen molar-refractivity contribution in [3.05, 3.63) is 27.9 Å². The van der Waals surface area contributed by atoms with Gasteiger partial charge in [0.15, 0.2) is 0 Å². The van der Waals surface area contributed by atoms with Crippen LogP contribution < -0.4 is 5.32 Å². The molecule has 0 amide bonds. The van der Waals surface area contributed by atoms with Gasteiger partial charge < -0.3 is 10.1 Å². The molecule has 19 heavy (non-hydrogen) atoms. The Morgan fingerprint density at radius 3 is 3.11 bits per heavy atom. The number of aryl methyl sites for hydroxylation is 1. The van der Waals surface area contributed by atoms with Crippen LogP contribution in [-0.4, -0.2) is 29.2 Å². The number of hydrogen-bond acceptors (Lipinski definition) is 5. The van der Waals surface area contributed by atoms with Crippen LogP contribution in [0.3, 0.4) is 0 Å². The summed E-state index contributed by atoms with van der Waals surface area (Å²) < 4.78 is 5.63. The Labute approximate surface area is 112 Å². The summed E-state index contributed by atoms with van der Waals surface area (Å²) in [5.74, 6) is 0.549. The van der Waals surface area contributed by atoms with Crippen molar-refractivity contribution in [2.75, 3.05) is 18.5 Å². The number of rotatable bonds is 5. The quantitative estimate of drug-likeness (QED) is 0.654. The van der Waals surface area contributed by atoms with Gasteiger partial charge in [-0.2, -0.15) is 0 Å². The van der Waals surface area contributed by atoms with E-state index >= 15 is 0 Å². The molecule has 1 aromatic heterocycles. The van der Waals surface area contributed by atoms with Gasteiger partial charge in [-0.15, -0.1) is 0 Å². The zero-order valence-electron chi connectivity index (χ0n) is 11.1. The molecule has 0 aromatic carbocycles. The molecule has 2 heterocycles. The molecule has 0 spiro atoms. The molecule has 6 nitrogen and oxygen atoms in total. The van der Waals surface area contributed by atoms with E-state index in [9.17, 15) is 10.1 Å². The van der Waals surface area contributed by atoms with E-state index in [0.29, 0.717) is 17.5 Å². The first-order valence-corrected chi connectivity index (χ1v) is 6.63. The molecular formula is C13H19N3O3.